The molecule has 0 atom stereocenters. The number of hydrogen-bond acceptors (Lipinski definition) is 8. The summed E-state index contributed by atoms with van der Waals surface area (Å²) in [5.74, 6) is 2.41. The van der Waals surface area contributed by atoms with Crippen LogP contribution >= 0.6 is 11.3 Å². The molecule has 4 aromatic rings. The van der Waals surface area contributed by atoms with Crippen molar-refractivity contribution >= 4 is 32.5 Å². The van der Waals surface area contributed by atoms with Crippen molar-refractivity contribution in [1.82, 2.24) is 15.0 Å². The van der Waals surface area contributed by atoms with Gasteiger partial charge in [-0.3, -0.25) is 4.98 Å². The lowest BCUT2D eigenvalue weighted by Gasteiger charge is -2.27. The number of pyridine rings is 2. The normalized spacial score (nSPS) is 13.5. The van der Waals surface area contributed by atoms with Crippen molar-refractivity contribution in [2.75, 3.05) is 36.9 Å². The first-order chi connectivity index (χ1) is 16.7. The molecule has 5 rings (SSSR count). The van der Waals surface area contributed by atoms with Crippen LogP contribution in [0.15, 0.2) is 79.7 Å². The van der Waals surface area contributed by atoms with Gasteiger partial charge in [0.1, 0.15) is 17.3 Å². The summed E-state index contributed by atoms with van der Waals surface area (Å²) in [6.45, 7) is 8.63. The molecule has 0 aliphatic carbocycles. The number of hydrogen-bond donors (Lipinski definition) is 1. The molecule has 7 nitrogen and oxygen atoms in total. The molecule has 176 valence electrons. The first-order valence-corrected chi connectivity index (χ1v) is 11.8. The third-order valence-corrected chi connectivity index (χ3v) is 5.90. The molecule has 1 fully saturated rings. The SMILES string of the molecule is C=C/C=C\C.Nc1nc2ccc(Oc3ccnc(-c4ccc(N5CCOCC5)nc4)c3)cc2s1.[HH]. The van der Waals surface area contributed by atoms with Crippen LogP contribution in [-0.2, 0) is 4.74 Å². The topological polar surface area (TPSA) is 86.4 Å². The Hall–Kier alpha value is -3.75. The Morgan fingerprint density at radius 1 is 1.12 bits per heavy atom. The zero-order chi connectivity index (χ0) is 23.8. The molecule has 1 aromatic carbocycles. The van der Waals surface area contributed by atoms with Crippen LogP contribution in [0.25, 0.3) is 21.5 Å². The molecule has 0 spiro atoms. The van der Waals surface area contributed by atoms with Crippen LogP contribution in [0.3, 0.4) is 0 Å². The minimum Gasteiger partial charge on any atom is -0.457 e. The van der Waals surface area contributed by atoms with Gasteiger partial charge in [0.05, 0.1) is 29.1 Å². The Morgan fingerprint density at radius 2 is 1.94 bits per heavy atom. The molecular formula is C26H29N5O2S. The number of ether oxygens (including phenoxy) is 2. The molecule has 0 bridgehead atoms. The number of morpholine rings is 1. The van der Waals surface area contributed by atoms with Crippen LogP contribution in [0, 0.1) is 0 Å². The van der Waals surface area contributed by atoms with Gasteiger partial charge in [-0.1, -0.05) is 36.1 Å². The smallest absolute Gasteiger partial charge is 0.181 e. The Balaban J connectivity index is 0.000000521. The third kappa shape index (κ3) is 5.98. The maximum atomic E-state index is 6.03. The second kappa shape index (κ2) is 11.4. The van der Waals surface area contributed by atoms with E-state index in [-0.39, 0.29) is 1.43 Å². The summed E-state index contributed by atoms with van der Waals surface area (Å²) in [7, 11) is 0. The monoisotopic (exact) mass is 475 g/mol. The number of fused-ring (bicyclic) bond motifs is 1. The van der Waals surface area contributed by atoms with Crippen LogP contribution in [0.2, 0.25) is 0 Å². The molecule has 0 radical (unpaired) electrons. The van der Waals surface area contributed by atoms with Crippen LogP contribution in [0.1, 0.15) is 8.35 Å². The summed E-state index contributed by atoms with van der Waals surface area (Å²) in [6.07, 6.45) is 9.17. The number of aromatic nitrogens is 3. The summed E-state index contributed by atoms with van der Waals surface area (Å²) in [5, 5.41) is 0.552. The Labute approximate surface area is 204 Å². The summed E-state index contributed by atoms with van der Waals surface area (Å²) in [4.78, 5) is 15.6. The highest BCUT2D eigenvalue weighted by Gasteiger charge is 2.13. The number of thiazole rings is 1. The number of benzene rings is 1. The standard InChI is InChI=1S/C21H19N5O2S.C5H8.H2/c22-21-25-17-3-2-15(12-19(17)29-21)28-16-5-6-23-18(11-16)14-1-4-20(24-13-14)26-7-9-27-10-8-26;1-3-5-4-2;/h1-6,11-13H,7-10H2,(H2,22,25);3-5H,1H2,2H3;1H/b;5-4-;. The van der Waals surface area contributed by atoms with E-state index in [0.29, 0.717) is 10.9 Å². The Bertz CT molecular complexity index is 1270. The van der Waals surface area contributed by atoms with Gasteiger partial charge in [0, 0.05) is 44.6 Å². The molecule has 3 aromatic heterocycles. The van der Waals surface area contributed by atoms with E-state index in [9.17, 15) is 0 Å². The lowest BCUT2D eigenvalue weighted by molar-refractivity contribution is 0.122. The van der Waals surface area contributed by atoms with E-state index in [1.54, 1.807) is 12.3 Å². The van der Waals surface area contributed by atoms with E-state index in [1.165, 1.54) is 11.3 Å². The van der Waals surface area contributed by atoms with Gasteiger partial charge >= 0.3 is 0 Å². The van der Waals surface area contributed by atoms with Crippen LogP contribution in [0.4, 0.5) is 10.9 Å². The molecule has 34 heavy (non-hydrogen) atoms. The fourth-order valence-electron chi connectivity index (χ4n) is 3.41. The van der Waals surface area contributed by atoms with Crippen molar-refractivity contribution < 1.29 is 10.9 Å². The van der Waals surface area contributed by atoms with Gasteiger partial charge in [-0.05, 0) is 37.3 Å². The quantitative estimate of drug-likeness (QED) is 0.356. The van der Waals surface area contributed by atoms with Gasteiger partial charge in [0.15, 0.2) is 5.13 Å². The van der Waals surface area contributed by atoms with E-state index in [4.69, 9.17) is 15.2 Å². The molecule has 1 aliphatic rings. The fraction of sp³-hybridized carbons (Fsp3) is 0.192. The number of nitrogens with two attached hydrogens (primary N) is 1. The van der Waals surface area contributed by atoms with Crippen molar-refractivity contribution in [1.29, 1.82) is 0 Å². The lowest BCUT2D eigenvalue weighted by atomic mass is 10.2. The number of nitrogen functional groups attached to an aromatic ring is 1. The van der Waals surface area contributed by atoms with Crippen LogP contribution in [0.5, 0.6) is 11.5 Å². The third-order valence-electron chi connectivity index (χ3n) is 5.05. The molecule has 1 aliphatic heterocycles. The largest absolute Gasteiger partial charge is 0.457 e. The molecule has 0 saturated carbocycles. The molecule has 2 N–H and O–H groups in total. The molecule has 1 saturated heterocycles. The molecule has 0 unspecified atom stereocenters. The second-order valence-electron chi connectivity index (χ2n) is 7.43. The number of anilines is 2. The van der Waals surface area contributed by atoms with Crippen LogP contribution < -0.4 is 15.4 Å². The first-order valence-electron chi connectivity index (χ1n) is 11.0. The zero-order valence-electron chi connectivity index (χ0n) is 19.1. The predicted octanol–water partition coefficient (Wildman–Crippen LogP) is 5.96. The Kier molecular flexibility index (Phi) is 7.85. The van der Waals surface area contributed by atoms with Crippen molar-refractivity contribution in [3.8, 4) is 22.8 Å². The lowest BCUT2D eigenvalue weighted by Crippen LogP contribution is -2.36. The highest BCUT2D eigenvalue weighted by Crippen LogP contribution is 2.31. The number of rotatable bonds is 5. The zero-order valence-corrected chi connectivity index (χ0v) is 19.9. The molecule has 0 amide bonds. The maximum Gasteiger partial charge on any atom is 0.181 e. The van der Waals surface area contributed by atoms with E-state index >= 15 is 0 Å². The van der Waals surface area contributed by atoms with Crippen molar-refractivity contribution in [2.45, 2.75) is 6.92 Å². The van der Waals surface area contributed by atoms with Gasteiger partial charge < -0.3 is 20.1 Å². The van der Waals surface area contributed by atoms with Gasteiger partial charge in [-0.15, -0.1) is 0 Å². The van der Waals surface area contributed by atoms with E-state index in [2.05, 4.69) is 26.4 Å². The highest BCUT2D eigenvalue weighted by atomic mass is 32.1. The summed E-state index contributed by atoms with van der Waals surface area (Å²) in [6, 6.07) is 13.6. The maximum absolute atomic E-state index is 6.03. The fourth-order valence-corrected chi connectivity index (χ4v) is 4.17. The highest BCUT2D eigenvalue weighted by molar-refractivity contribution is 7.22. The molecule has 4 heterocycles. The minimum atomic E-state index is 0. The molecule has 8 heteroatoms. The average Bonchev–Trinajstić information content (AvgIpc) is 3.25. The van der Waals surface area contributed by atoms with Gasteiger partial charge in [-0.25, -0.2) is 9.97 Å². The van der Waals surface area contributed by atoms with Crippen molar-refractivity contribution in [3.05, 3.63) is 79.7 Å². The minimum absolute atomic E-state index is 0. The van der Waals surface area contributed by atoms with E-state index in [1.807, 2.05) is 67.7 Å². The van der Waals surface area contributed by atoms with Gasteiger partial charge in [0.25, 0.3) is 0 Å². The first kappa shape index (κ1) is 23.4. The van der Waals surface area contributed by atoms with E-state index < -0.39 is 0 Å². The van der Waals surface area contributed by atoms with Crippen LogP contribution in [-0.4, -0.2) is 41.3 Å². The van der Waals surface area contributed by atoms with Gasteiger partial charge in [0.2, 0.25) is 0 Å². The Morgan fingerprint density at radius 3 is 2.65 bits per heavy atom. The number of allylic oxidation sites excluding steroid dienone is 3. The summed E-state index contributed by atoms with van der Waals surface area (Å²) < 4.78 is 12.4. The summed E-state index contributed by atoms with van der Waals surface area (Å²) >= 11 is 1.44. The predicted molar refractivity (Wildman–Crippen MR) is 142 cm³/mol. The van der Waals surface area contributed by atoms with Gasteiger partial charge in [-0.2, -0.15) is 0 Å². The number of nitrogens with zero attached hydrogens (tertiary/aromatic N) is 4. The van der Waals surface area contributed by atoms with Crippen molar-refractivity contribution in [3.63, 3.8) is 0 Å². The average molecular weight is 476 g/mol. The second-order valence-corrected chi connectivity index (χ2v) is 8.49. The van der Waals surface area contributed by atoms with Crippen molar-refractivity contribution in [2.24, 2.45) is 0 Å². The van der Waals surface area contributed by atoms with E-state index in [0.717, 1.165) is 59.3 Å². The molecular weight excluding hydrogens is 446 g/mol. The summed E-state index contributed by atoms with van der Waals surface area (Å²) in [5.41, 5.74) is 8.41.